The van der Waals surface area contributed by atoms with Crippen molar-refractivity contribution in [3.8, 4) is 0 Å². The van der Waals surface area contributed by atoms with Crippen LogP contribution in [0, 0.1) is 0 Å². The van der Waals surface area contributed by atoms with E-state index in [-0.39, 0.29) is 0 Å². The fraction of sp³-hybridized carbons (Fsp3) is 0.400. The van der Waals surface area contributed by atoms with E-state index in [2.05, 4.69) is 106 Å². The summed E-state index contributed by atoms with van der Waals surface area (Å²) in [5.41, 5.74) is 0. The smallest absolute Gasteiger partial charge is 0.214 e. The summed E-state index contributed by atoms with van der Waals surface area (Å²) in [6.07, 6.45) is 0. The minimum atomic E-state index is -1.64. The van der Waals surface area contributed by atoms with Crippen LogP contribution < -0.4 is 10.4 Å². The first-order valence-corrected chi connectivity index (χ1v) is 15.4. The van der Waals surface area contributed by atoms with Crippen molar-refractivity contribution in [3.05, 3.63) is 60.7 Å². The predicted octanol–water partition coefficient (Wildman–Crippen LogP) is 3.71. The Labute approximate surface area is 151 Å². The molecule has 24 heavy (non-hydrogen) atoms. The summed E-state index contributed by atoms with van der Waals surface area (Å²) in [4.78, 5) is 2.75. The highest BCUT2D eigenvalue weighted by Crippen LogP contribution is 2.22. The van der Waals surface area contributed by atoms with Crippen molar-refractivity contribution in [2.45, 2.75) is 40.0 Å². The van der Waals surface area contributed by atoms with Gasteiger partial charge in [0.15, 0.2) is 0 Å². The highest BCUT2D eigenvalue weighted by Gasteiger charge is 2.51. The second kappa shape index (κ2) is 7.85. The van der Waals surface area contributed by atoms with Gasteiger partial charge >= 0.3 is 0 Å². The van der Waals surface area contributed by atoms with Crippen molar-refractivity contribution >= 4 is 32.3 Å². The van der Waals surface area contributed by atoms with Crippen LogP contribution in [0.5, 0.6) is 0 Å². The van der Waals surface area contributed by atoms with E-state index in [1.54, 1.807) is 10.4 Å². The largest absolute Gasteiger partial charge is 0.346 e. The maximum atomic E-state index is 2.75. The van der Waals surface area contributed by atoms with Gasteiger partial charge in [-0.25, -0.2) is 0 Å². The zero-order valence-electron chi connectivity index (χ0n) is 16.2. The molecule has 2 rings (SSSR count). The number of nitrogens with zero attached hydrogens (tertiary/aromatic N) is 1. The maximum absolute atomic E-state index is 2.75. The molecule has 0 radical (unpaired) electrons. The van der Waals surface area contributed by atoms with Crippen molar-refractivity contribution in [2.24, 2.45) is 0 Å². The van der Waals surface area contributed by atoms with Crippen LogP contribution in [0.25, 0.3) is 0 Å². The normalized spacial score (nSPS) is 12.5. The molecular weight excluding hydrogens is 321 g/mol. The summed E-state index contributed by atoms with van der Waals surface area (Å²) >= 11 is 0. The van der Waals surface area contributed by atoms with E-state index in [0.717, 1.165) is 13.1 Å². The third kappa shape index (κ3) is 3.76. The highest BCUT2D eigenvalue weighted by atomic mass is 28.4. The Morgan fingerprint density at radius 2 is 1.00 bits per heavy atom. The summed E-state index contributed by atoms with van der Waals surface area (Å²) in [5.74, 6) is 0. The van der Waals surface area contributed by atoms with Crippen LogP contribution >= 0.6 is 0 Å². The number of benzene rings is 2. The molecule has 0 aromatic heterocycles. The lowest BCUT2D eigenvalue weighted by molar-refractivity contribution is 0.495. The molecule has 0 heterocycles. The first-order chi connectivity index (χ1) is 11.4. The number of hydrogen-bond acceptors (Lipinski definition) is 1. The van der Waals surface area contributed by atoms with Gasteiger partial charge in [0, 0.05) is 0 Å². The summed E-state index contributed by atoms with van der Waals surface area (Å²) in [5, 5.41) is 3.16. The van der Waals surface area contributed by atoms with E-state index in [1.165, 1.54) is 0 Å². The topological polar surface area (TPSA) is 3.24 Å². The van der Waals surface area contributed by atoms with E-state index in [1.807, 2.05) is 0 Å². The van der Waals surface area contributed by atoms with Gasteiger partial charge < -0.3 is 4.81 Å². The monoisotopic (exact) mass is 353 g/mol. The van der Waals surface area contributed by atoms with Crippen LogP contribution in [0.3, 0.4) is 0 Å². The molecule has 0 N–H and O–H groups in total. The summed E-state index contributed by atoms with van der Waals surface area (Å²) in [6.45, 7) is 17.2. The van der Waals surface area contributed by atoms with E-state index < -0.39 is 15.9 Å². The fourth-order valence-corrected chi connectivity index (χ4v) is 18.0. The first kappa shape index (κ1) is 19.2. The molecule has 0 aliphatic heterocycles. The maximum Gasteiger partial charge on any atom is 0.214 e. The molecule has 0 spiro atoms. The van der Waals surface area contributed by atoms with Crippen molar-refractivity contribution in [3.63, 3.8) is 0 Å². The van der Waals surface area contributed by atoms with Gasteiger partial charge in [0.1, 0.15) is 0 Å². The Hall–Kier alpha value is -1.10. The van der Waals surface area contributed by atoms with E-state index >= 15 is 0 Å². The molecule has 0 aliphatic rings. The molecule has 0 aliphatic carbocycles. The Kier molecular flexibility index (Phi) is 6.29. The second-order valence-electron chi connectivity index (χ2n) is 7.80. The van der Waals surface area contributed by atoms with Crippen molar-refractivity contribution < 1.29 is 0 Å². The molecule has 128 valence electrons. The van der Waals surface area contributed by atoms with Crippen LogP contribution in [-0.2, 0) is 0 Å². The average molecular weight is 353 g/mol. The summed E-state index contributed by atoms with van der Waals surface area (Å²) in [6, 6.07) is 23.2. The second-order valence-corrected chi connectivity index (χ2v) is 17.5. The average Bonchev–Trinajstić information content (AvgIpc) is 2.60. The zero-order valence-corrected chi connectivity index (χ0v) is 18.2. The highest BCUT2D eigenvalue weighted by molar-refractivity contribution is 7.64. The minimum Gasteiger partial charge on any atom is -0.346 e. The third-order valence-corrected chi connectivity index (χ3v) is 17.0. The molecule has 2 aromatic rings. The van der Waals surface area contributed by atoms with Gasteiger partial charge in [-0.05, 0) is 13.1 Å². The number of hydrogen-bond donors (Lipinski definition) is 0. The van der Waals surface area contributed by atoms with E-state index in [4.69, 9.17) is 0 Å². The van der Waals surface area contributed by atoms with Crippen molar-refractivity contribution in [1.29, 1.82) is 0 Å². The van der Waals surface area contributed by atoms with Crippen LogP contribution in [-0.4, -0.2) is 39.8 Å². The Morgan fingerprint density at radius 1 is 0.667 bits per heavy atom. The molecule has 0 saturated carbocycles. The van der Waals surface area contributed by atoms with Crippen LogP contribution in [0.4, 0.5) is 0 Å². The van der Waals surface area contributed by atoms with Crippen LogP contribution in [0.2, 0.25) is 26.2 Å². The lowest BCUT2D eigenvalue weighted by Crippen LogP contribution is -2.77. The molecule has 0 atom stereocenters. The molecular formula is C20H32BNSi2. The van der Waals surface area contributed by atoms with Gasteiger partial charge in [-0.1, -0.05) is 111 Å². The number of rotatable bonds is 7. The minimum absolute atomic E-state index is 0.685. The Morgan fingerprint density at radius 3 is 1.29 bits per heavy atom. The van der Waals surface area contributed by atoms with Crippen LogP contribution in [0.1, 0.15) is 13.8 Å². The lowest BCUT2D eigenvalue weighted by atomic mass is 10.2. The van der Waals surface area contributed by atoms with Crippen molar-refractivity contribution in [2.75, 3.05) is 13.1 Å². The molecule has 1 nitrogen and oxygen atoms in total. The molecule has 0 unspecified atom stereocenters. The molecule has 0 saturated heterocycles. The molecule has 0 fully saturated rings. The Balaban J connectivity index is 2.57. The third-order valence-electron chi connectivity index (χ3n) is 5.58. The lowest BCUT2D eigenvalue weighted by Gasteiger charge is -2.46. The molecule has 4 heteroatoms. The first-order valence-electron chi connectivity index (χ1n) is 9.20. The van der Waals surface area contributed by atoms with E-state index in [9.17, 15) is 0 Å². The summed E-state index contributed by atoms with van der Waals surface area (Å²) in [7, 11) is -3.29. The molecule has 0 bridgehead atoms. The summed E-state index contributed by atoms with van der Waals surface area (Å²) < 4.78 is 0. The SMILES string of the molecule is CCN(CC)B([Si](C)(C)c1ccccc1)[Si](C)(C)c1ccccc1. The quantitative estimate of drug-likeness (QED) is 0.686. The van der Waals surface area contributed by atoms with Gasteiger partial charge in [-0.2, -0.15) is 0 Å². The fourth-order valence-electron chi connectivity index (χ4n) is 4.45. The van der Waals surface area contributed by atoms with Crippen molar-refractivity contribution in [1.82, 2.24) is 4.81 Å². The zero-order chi connectivity index (χ0) is 17.8. The van der Waals surface area contributed by atoms with E-state index in [0.29, 0.717) is 6.03 Å². The van der Waals surface area contributed by atoms with Gasteiger partial charge in [0.25, 0.3) is 0 Å². The molecule has 2 aromatic carbocycles. The van der Waals surface area contributed by atoms with Gasteiger partial charge in [0.2, 0.25) is 6.03 Å². The van der Waals surface area contributed by atoms with Crippen LogP contribution in [0.15, 0.2) is 60.7 Å². The van der Waals surface area contributed by atoms with Gasteiger partial charge in [0.05, 0.1) is 15.9 Å². The Bertz CT molecular complexity index is 573. The van der Waals surface area contributed by atoms with Gasteiger partial charge in [-0.3, -0.25) is 0 Å². The predicted molar refractivity (Wildman–Crippen MR) is 116 cm³/mol. The molecule has 0 amide bonds. The van der Waals surface area contributed by atoms with Gasteiger partial charge in [-0.15, -0.1) is 0 Å². The standard InChI is InChI=1S/C20H32BNSi2/c1-7-22(8-2)21(23(3,4)19-15-11-9-12-16-19)24(5,6)20-17-13-10-14-18-20/h9-18H,7-8H2,1-6H3.